The van der Waals surface area contributed by atoms with Crippen LogP contribution in [0, 0.1) is 5.82 Å². The van der Waals surface area contributed by atoms with Crippen molar-refractivity contribution in [1.29, 1.82) is 0 Å². The molecule has 2 aromatic carbocycles. The van der Waals surface area contributed by atoms with Crippen LogP contribution >= 0.6 is 11.6 Å². The summed E-state index contributed by atoms with van der Waals surface area (Å²) in [6.45, 7) is -0.181. The molecule has 0 saturated heterocycles. The van der Waals surface area contributed by atoms with Crippen molar-refractivity contribution in [3.63, 3.8) is 0 Å². The van der Waals surface area contributed by atoms with Gasteiger partial charge in [0.05, 0.1) is 23.7 Å². The maximum Gasteiger partial charge on any atom is 0.243 e. The molecule has 0 aliphatic carbocycles. The van der Waals surface area contributed by atoms with Gasteiger partial charge in [0.25, 0.3) is 0 Å². The highest BCUT2D eigenvalue weighted by molar-refractivity contribution is 6.33. The summed E-state index contributed by atoms with van der Waals surface area (Å²) in [4.78, 5) is 23.4. The molecule has 114 valence electrons. The Kier molecular flexibility index (Phi) is 5.49. The SMILES string of the molecule is O=C(Cc1cccc(F)c1)NCC(=O)Nc1ccccc1Cl. The maximum atomic E-state index is 13.0. The van der Waals surface area contributed by atoms with E-state index in [0.29, 0.717) is 16.3 Å². The molecule has 2 amide bonds. The number of para-hydroxylation sites is 1. The topological polar surface area (TPSA) is 58.2 Å². The number of carbonyl (C=O) groups is 2. The number of hydrogen-bond donors (Lipinski definition) is 2. The average Bonchev–Trinajstić information content (AvgIpc) is 2.48. The van der Waals surface area contributed by atoms with Crippen molar-refractivity contribution < 1.29 is 14.0 Å². The minimum atomic E-state index is -0.401. The minimum absolute atomic E-state index is 0.0110. The molecule has 0 heterocycles. The first-order chi connectivity index (χ1) is 10.5. The molecule has 0 saturated carbocycles. The number of amides is 2. The number of carbonyl (C=O) groups excluding carboxylic acids is 2. The van der Waals surface area contributed by atoms with Gasteiger partial charge in [-0.1, -0.05) is 35.9 Å². The highest BCUT2D eigenvalue weighted by Crippen LogP contribution is 2.19. The Morgan fingerprint density at radius 1 is 1.05 bits per heavy atom. The predicted molar refractivity (Wildman–Crippen MR) is 83.2 cm³/mol. The van der Waals surface area contributed by atoms with Crippen molar-refractivity contribution in [2.24, 2.45) is 0 Å². The van der Waals surface area contributed by atoms with E-state index in [4.69, 9.17) is 11.6 Å². The van der Waals surface area contributed by atoms with E-state index in [9.17, 15) is 14.0 Å². The van der Waals surface area contributed by atoms with Gasteiger partial charge >= 0.3 is 0 Å². The molecule has 0 fully saturated rings. The molecule has 0 unspecified atom stereocenters. The zero-order chi connectivity index (χ0) is 15.9. The normalized spacial score (nSPS) is 10.1. The standard InChI is InChI=1S/C16H14ClFN2O2/c17-13-6-1-2-7-14(13)20-16(22)10-19-15(21)9-11-4-3-5-12(18)8-11/h1-8H,9-10H2,(H,19,21)(H,20,22). The first-order valence-corrected chi connectivity index (χ1v) is 6.98. The summed E-state index contributed by atoms with van der Waals surface area (Å²) >= 11 is 5.92. The number of hydrogen-bond acceptors (Lipinski definition) is 2. The molecule has 0 aliphatic rings. The molecule has 0 aliphatic heterocycles. The van der Waals surface area contributed by atoms with Gasteiger partial charge in [-0.25, -0.2) is 4.39 Å². The summed E-state index contributed by atoms with van der Waals surface area (Å²) in [7, 11) is 0. The van der Waals surface area contributed by atoms with Crippen molar-refractivity contribution in [2.45, 2.75) is 6.42 Å². The molecule has 0 bridgehead atoms. The van der Waals surface area contributed by atoms with Crippen molar-refractivity contribution in [3.05, 3.63) is 64.9 Å². The van der Waals surface area contributed by atoms with Crippen molar-refractivity contribution >= 4 is 29.1 Å². The van der Waals surface area contributed by atoms with E-state index in [1.807, 2.05) is 0 Å². The Labute approximate surface area is 132 Å². The second-order valence-electron chi connectivity index (χ2n) is 4.61. The van der Waals surface area contributed by atoms with Gasteiger partial charge in [0.15, 0.2) is 0 Å². The van der Waals surface area contributed by atoms with Crippen molar-refractivity contribution in [1.82, 2.24) is 5.32 Å². The second-order valence-corrected chi connectivity index (χ2v) is 5.02. The van der Waals surface area contributed by atoms with Gasteiger partial charge in [-0.3, -0.25) is 9.59 Å². The predicted octanol–water partition coefficient (Wildman–Crippen LogP) is 2.78. The van der Waals surface area contributed by atoms with E-state index >= 15 is 0 Å². The third kappa shape index (κ3) is 4.86. The molecular weight excluding hydrogens is 307 g/mol. The van der Waals surface area contributed by atoms with E-state index in [0.717, 1.165) is 0 Å². The fourth-order valence-electron chi connectivity index (χ4n) is 1.83. The number of anilines is 1. The Balaban J connectivity index is 1.81. The van der Waals surface area contributed by atoms with Gasteiger partial charge in [0.1, 0.15) is 5.82 Å². The summed E-state index contributed by atoms with van der Waals surface area (Å²) in [5, 5.41) is 5.48. The van der Waals surface area contributed by atoms with Gasteiger partial charge < -0.3 is 10.6 Å². The lowest BCUT2D eigenvalue weighted by Crippen LogP contribution is -2.33. The van der Waals surface area contributed by atoms with Crippen molar-refractivity contribution in [2.75, 3.05) is 11.9 Å². The van der Waals surface area contributed by atoms with Gasteiger partial charge in [0.2, 0.25) is 11.8 Å². The van der Waals surface area contributed by atoms with Gasteiger partial charge in [-0.15, -0.1) is 0 Å². The molecule has 2 rings (SSSR count). The Hall–Kier alpha value is -2.40. The third-order valence-corrected chi connectivity index (χ3v) is 3.18. The lowest BCUT2D eigenvalue weighted by molar-refractivity contribution is -0.123. The van der Waals surface area contributed by atoms with Gasteiger partial charge in [-0.05, 0) is 29.8 Å². The van der Waals surface area contributed by atoms with E-state index < -0.39 is 5.82 Å². The van der Waals surface area contributed by atoms with Crippen LogP contribution in [0.25, 0.3) is 0 Å². The fraction of sp³-hybridized carbons (Fsp3) is 0.125. The molecule has 4 nitrogen and oxygen atoms in total. The lowest BCUT2D eigenvalue weighted by atomic mass is 10.1. The molecule has 0 radical (unpaired) electrons. The van der Waals surface area contributed by atoms with Crippen LogP contribution in [0.2, 0.25) is 5.02 Å². The van der Waals surface area contributed by atoms with Crippen LogP contribution in [0.5, 0.6) is 0 Å². The summed E-state index contributed by atoms with van der Waals surface area (Å²) in [5.74, 6) is -1.15. The van der Waals surface area contributed by atoms with Crippen LogP contribution in [-0.2, 0) is 16.0 Å². The monoisotopic (exact) mass is 320 g/mol. The number of benzene rings is 2. The largest absolute Gasteiger partial charge is 0.347 e. The molecular formula is C16H14ClFN2O2. The zero-order valence-corrected chi connectivity index (χ0v) is 12.4. The molecule has 6 heteroatoms. The Morgan fingerprint density at radius 2 is 1.82 bits per heavy atom. The Morgan fingerprint density at radius 3 is 2.55 bits per heavy atom. The molecule has 0 aromatic heterocycles. The summed E-state index contributed by atoms with van der Waals surface area (Å²) in [6.07, 6.45) is 0.0110. The highest BCUT2D eigenvalue weighted by Gasteiger charge is 2.08. The number of nitrogens with one attached hydrogen (secondary N) is 2. The molecule has 22 heavy (non-hydrogen) atoms. The van der Waals surface area contributed by atoms with Crippen LogP contribution in [0.15, 0.2) is 48.5 Å². The summed E-state index contributed by atoms with van der Waals surface area (Å²) in [6, 6.07) is 12.6. The van der Waals surface area contributed by atoms with Crippen LogP contribution in [0.4, 0.5) is 10.1 Å². The zero-order valence-electron chi connectivity index (χ0n) is 11.6. The van der Waals surface area contributed by atoms with Crippen LogP contribution in [0.1, 0.15) is 5.56 Å². The average molecular weight is 321 g/mol. The maximum absolute atomic E-state index is 13.0. The van der Waals surface area contributed by atoms with Crippen LogP contribution < -0.4 is 10.6 Å². The second kappa shape index (κ2) is 7.56. The quantitative estimate of drug-likeness (QED) is 0.890. The highest BCUT2D eigenvalue weighted by atomic mass is 35.5. The van der Waals surface area contributed by atoms with E-state index in [-0.39, 0.29) is 24.8 Å². The van der Waals surface area contributed by atoms with Crippen LogP contribution in [-0.4, -0.2) is 18.4 Å². The first-order valence-electron chi connectivity index (χ1n) is 6.60. The smallest absolute Gasteiger partial charge is 0.243 e. The van der Waals surface area contributed by atoms with Gasteiger partial charge in [-0.2, -0.15) is 0 Å². The van der Waals surface area contributed by atoms with Gasteiger partial charge in [0, 0.05) is 0 Å². The fourth-order valence-corrected chi connectivity index (χ4v) is 2.01. The van der Waals surface area contributed by atoms with E-state index in [2.05, 4.69) is 10.6 Å². The summed E-state index contributed by atoms with van der Waals surface area (Å²) in [5.41, 5.74) is 1.03. The first kappa shape index (κ1) is 16.0. The van der Waals surface area contributed by atoms with E-state index in [1.165, 1.54) is 18.2 Å². The number of halogens is 2. The van der Waals surface area contributed by atoms with Crippen LogP contribution in [0.3, 0.4) is 0 Å². The van der Waals surface area contributed by atoms with Crippen molar-refractivity contribution in [3.8, 4) is 0 Å². The summed E-state index contributed by atoms with van der Waals surface area (Å²) < 4.78 is 13.0. The molecule has 0 atom stereocenters. The third-order valence-electron chi connectivity index (χ3n) is 2.85. The molecule has 2 N–H and O–H groups in total. The number of rotatable bonds is 5. The molecule has 0 spiro atoms. The Bertz CT molecular complexity index is 691. The minimum Gasteiger partial charge on any atom is -0.347 e. The lowest BCUT2D eigenvalue weighted by Gasteiger charge is -2.08. The van der Waals surface area contributed by atoms with E-state index in [1.54, 1.807) is 30.3 Å². The molecule has 2 aromatic rings.